The third-order valence-electron chi connectivity index (χ3n) is 3.95. The normalized spacial score (nSPS) is 11.4. The molecule has 2 rings (SSSR count). The number of alkyl halides is 3. The zero-order valence-electron chi connectivity index (χ0n) is 17.8. The maximum atomic E-state index is 13.2. The first-order valence-electron chi connectivity index (χ1n) is 9.70. The fourth-order valence-electron chi connectivity index (χ4n) is 2.62. The van der Waals surface area contributed by atoms with E-state index in [-0.39, 0.29) is 24.3 Å². The molecule has 7 nitrogen and oxygen atoms in total. The van der Waals surface area contributed by atoms with Crippen LogP contribution in [-0.4, -0.2) is 30.1 Å². The Morgan fingerprint density at radius 3 is 2.03 bits per heavy atom. The van der Waals surface area contributed by atoms with Gasteiger partial charge in [-0.3, -0.25) is 9.59 Å². The van der Waals surface area contributed by atoms with E-state index in [1.807, 2.05) is 0 Å². The molecule has 0 aromatic heterocycles. The number of rotatable bonds is 6. The number of hydrogen-bond donors (Lipinski definition) is 3. The number of anilines is 2. The van der Waals surface area contributed by atoms with E-state index in [0.29, 0.717) is 0 Å². The minimum absolute atomic E-state index is 0.00817. The zero-order chi connectivity index (χ0) is 23.9. The lowest BCUT2D eigenvalue weighted by molar-refractivity contribution is -0.137. The molecule has 0 unspecified atom stereocenters. The predicted molar refractivity (Wildman–Crippen MR) is 113 cm³/mol. The highest BCUT2D eigenvalue weighted by Gasteiger charge is 2.34. The van der Waals surface area contributed by atoms with Gasteiger partial charge in [0, 0.05) is 13.0 Å². The van der Waals surface area contributed by atoms with Gasteiger partial charge in [0.2, 0.25) is 5.91 Å². The van der Waals surface area contributed by atoms with Crippen LogP contribution in [0.1, 0.15) is 43.1 Å². The highest BCUT2D eigenvalue weighted by molar-refractivity contribution is 6.08. The van der Waals surface area contributed by atoms with Crippen molar-refractivity contribution in [1.82, 2.24) is 5.32 Å². The molecule has 0 heterocycles. The van der Waals surface area contributed by atoms with Gasteiger partial charge in [-0.2, -0.15) is 13.2 Å². The number of carbonyl (C=O) groups excluding carboxylic acids is 3. The summed E-state index contributed by atoms with van der Waals surface area (Å²) in [6, 6.07) is 10.5. The number of ether oxygens (including phenoxy) is 1. The highest BCUT2D eigenvalue weighted by Crippen LogP contribution is 2.32. The summed E-state index contributed by atoms with van der Waals surface area (Å²) in [6.07, 6.45) is -5.44. The number of hydrogen-bond acceptors (Lipinski definition) is 4. The molecule has 0 saturated carbocycles. The molecule has 32 heavy (non-hydrogen) atoms. The van der Waals surface area contributed by atoms with Gasteiger partial charge in [-0.05, 0) is 45.0 Å². The monoisotopic (exact) mass is 451 g/mol. The average Bonchev–Trinajstić information content (AvgIpc) is 2.67. The summed E-state index contributed by atoms with van der Waals surface area (Å²) in [7, 11) is 0. The molecular weight excluding hydrogens is 427 g/mol. The van der Waals surface area contributed by atoms with Gasteiger partial charge in [0.25, 0.3) is 5.91 Å². The summed E-state index contributed by atoms with van der Waals surface area (Å²) in [5, 5.41) is 7.41. The van der Waals surface area contributed by atoms with Crippen molar-refractivity contribution < 1.29 is 32.3 Å². The summed E-state index contributed by atoms with van der Waals surface area (Å²) < 4.78 is 44.6. The highest BCUT2D eigenvalue weighted by atomic mass is 19.4. The number of benzene rings is 2. The van der Waals surface area contributed by atoms with E-state index in [0.717, 1.165) is 12.1 Å². The standard InChI is InChI=1S/C22H24F3N3O4/c1-21(2,3)32-20(31)26-13-12-18(29)27-16-10-6-7-11-17(16)28-19(30)14-8-4-5-9-15(14)22(23,24)25/h4-11H,12-13H2,1-3H3,(H,26,31)(H,27,29)(H,28,30). The number of amides is 3. The Bertz CT molecular complexity index is 985. The Morgan fingerprint density at radius 1 is 0.875 bits per heavy atom. The molecule has 3 N–H and O–H groups in total. The molecule has 0 fully saturated rings. The summed E-state index contributed by atoms with van der Waals surface area (Å²) in [5.74, 6) is -1.44. The van der Waals surface area contributed by atoms with E-state index in [1.54, 1.807) is 32.9 Å². The Hall–Kier alpha value is -3.56. The minimum Gasteiger partial charge on any atom is -0.444 e. The molecule has 10 heteroatoms. The predicted octanol–water partition coefficient (Wildman–Crippen LogP) is 4.81. The van der Waals surface area contributed by atoms with Crippen LogP contribution < -0.4 is 16.0 Å². The second-order valence-corrected chi connectivity index (χ2v) is 7.77. The molecule has 0 bridgehead atoms. The van der Waals surface area contributed by atoms with Crippen LogP contribution in [-0.2, 0) is 15.7 Å². The maximum absolute atomic E-state index is 13.2. The average molecular weight is 451 g/mol. The molecule has 0 aliphatic heterocycles. The van der Waals surface area contributed by atoms with Gasteiger partial charge in [-0.15, -0.1) is 0 Å². The molecule has 0 saturated heterocycles. The topological polar surface area (TPSA) is 96.5 Å². The number of alkyl carbamates (subject to hydrolysis) is 1. The molecule has 172 valence electrons. The van der Waals surface area contributed by atoms with Crippen molar-refractivity contribution >= 4 is 29.3 Å². The van der Waals surface area contributed by atoms with Crippen molar-refractivity contribution in [2.45, 2.75) is 39.0 Å². The van der Waals surface area contributed by atoms with Gasteiger partial charge in [0.05, 0.1) is 22.5 Å². The molecule has 0 spiro atoms. The number of carbonyl (C=O) groups is 3. The molecule has 3 amide bonds. The molecular formula is C22H24F3N3O4. The summed E-state index contributed by atoms with van der Waals surface area (Å²) in [4.78, 5) is 36.3. The third kappa shape index (κ3) is 7.60. The lowest BCUT2D eigenvalue weighted by Crippen LogP contribution is -2.34. The van der Waals surface area contributed by atoms with Crippen LogP contribution >= 0.6 is 0 Å². The molecule has 0 aliphatic carbocycles. The summed E-state index contributed by atoms with van der Waals surface area (Å²) in [5.41, 5.74) is -1.95. The Kier molecular flexibility index (Phi) is 7.85. The van der Waals surface area contributed by atoms with Gasteiger partial charge < -0.3 is 20.7 Å². The van der Waals surface area contributed by atoms with E-state index in [4.69, 9.17) is 4.74 Å². The van der Waals surface area contributed by atoms with Crippen molar-refractivity contribution in [1.29, 1.82) is 0 Å². The Morgan fingerprint density at radius 2 is 1.44 bits per heavy atom. The SMILES string of the molecule is CC(C)(C)OC(=O)NCCC(=O)Nc1ccccc1NC(=O)c1ccccc1C(F)(F)F. The van der Waals surface area contributed by atoms with E-state index in [2.05, 4.69) is 16.0 Å². The maximum Gasteiger partial charge on any atom is 0.417 e. The molecule has 2 aromatic carbocycles. The second-order valence-electron chi connectivity index (χ2n) is 7.77. The molecule has 0 atom stereocenters. The molecule has 2 aromatic rings. The third-order valence-corrected chi connectivity index (χ3v) is 3.95. The quantitative estimate of drug-likeness (QED) is 0.587. The van der Waals surface area contributed by atoms with Gasteiger partial charge in [0.15, 0.2) is 0 Å². The smallest absolute Gasteiger partial charge is 0.417 e. The van der Waals surface area contributed by atoms with E-state index >= 15 is 0 Å². The fourth-order valence-corrected chi connectivity index (χ4v) is 2.62. The van der Waals surface area contributed by atoms with E-state index in [9.17, 15) is 27.6 Å². The van der Waals surface area contributed by atoms with Crippen molar-refractivity contribution in [2.75, 3.05) is 17.2 Å². The van der Waals surface area contributed by atoms with Crippen LogP contribution in [0.5, 0.6) is 0 Å². The van der Waals surface area contributed by atoms with Crippen molar-refractivity contribution in [3.63, 3.8) is 0 Å². The molecule has 0 aliphatic rings. The second kappa shape index (κ2) is 10.2. The Labute approximate surface area is 183 Å². The van der Waals surface area contributed by atoms with Gasteiger partial charge in [-0.1, -0.05) is 24.3 Å². The number of halogens is 3. The van der Waals surface area contributed by atoms with Gasteiger partial charge in [-0.25, -0.2) is 4.79 Å². The lowest BCUT2D eigenvalue weighted by atomic mass is 10.1. The van der Waals surface area contributed by atoms with Crippen molar-refractivity contribution in [3.05, 3.63) is 59.7 Å². The fraction of sp³-hybridized carbons (Fsp3) is 0.318. The zero-order valence-corrected chi connectivity index (χ0v) is 17.8. The van der Waals surface area contributed by atoms with E-state index in [1.165, 1.54) is 24.3 Å². The van der Waals surface area contributed by atoms with Crippen LogP contribution in [0, 0.1) is 0 Å². The summed E-state index contributed by atoms with van der Waals surface area (Å²) in [6.45, 7) is 5.13. The summed E-state index contributed by atoms with van der Waals surface area (Å²) >= 11 is 0. The largest absolute Gasteiger partial charge is 0.444 e. The Balaban J connectivity index is 2.02. The van der Waals surface area contributed by atoms with Crippen LogP contribution in [0.25, 0.3) is 0 Å². The number of nitrogens with one attached hydrogen (secondary N) is 3. The van der Waals surface area contributed by atoms with Gasteiger partial charge in [0.1, 0.15) is 5.60 Å². The first-order valence-corrected chi connectivity index (χ1v) is 9.70. The minimum atomic E-state index is -4.69. The van der Waals surface area contributed by atoms with Crippen LogP contribution in [0.3, 0.4) is 0 Å². The van der Waals surface area contributed by atoms with Gasteiger partial charge >= 0.3 is 12.3 Å². The first-order chi connectivity index (χ1) is 14.9. The van der Waals surface area contributed by atoms with Crippen molar-refractivity contribution in [3.8, 4) is 0 Å². The lowest BCUT2D eigenvalue weighted by Gasteiger charge is -2.19. The first kappa shape index (κ1) is 24.7. The van der Waals surface area contributed by atoms with Crippen LogP contribution in [0.15, 0.2) is 48.5 Å². The van der Waals surface area contributed by atoms with Crippen LogP contribution in [0.4, 0.5) is 29.3 Å². The number of para-hydroxylation sites is 2. The van der Waals surface area contributed by atoms with Crippen LogP contribution in [0.2, 0.25) is 0 Å². The molecule has 0 radical (unpaired) electrons. The van der Waals surface area contributed by atoms with Crippen molar-refractivity contribution in [2.24, 2.45) is 0 Å². The van der Waals surface area contributed by atoms with E-state index < -0.39 is 40.8 Å².